The first-order valence-electron chi connectivity index (χ1n) is 12.1. The topological polar surface area (TPSA) is 105 Å². The van der Waals surface area contributed by atoms with E-state index in [9.17, 15) is 19.5 Å². The number of amides is 2. The van der Waals surface area contributed by atoms with Crippen molar-refractivity contribution in [2.75, 3.05) is 13.2 Å². The van der Waals surface area contributed by atoms with Crippen molar-refractivity contribution in [3.05, 3.63) is 59.7 Å². The smallest absolute Gasteiger partial charge is 0.407 e. The van der Waals surface area contributed by atoms with E-state index in [1.165, 1.54) is 22.3 Å². The molecule has 5 rings (SSSR count). The Morgan fingerprint density at radius 1 is 0.941 bits per heavy atom. The van der Waals surface area contributed by atoms with Crippen LogP contribution in [-0.2, 0) is 14.3 Å². The quantitative estimate of drug-likeness (QED) is 0.579. The molecule has 0 heterocycles. The molecule has 178 valence electrons. The number of benzene rings is 2. The van der Waals surface area contributed by atoms with Crippen LogP contribution in [0.1, 0.15) is 49.1 Å². The lowest BCUT2D eigenvalue weighted by Gasteiger charge is -2.34. The predicted molar refractivity (Wildman–Crippen MR) is 126 cm³/mol. The number of carboxylic acid groups (broad SMARTS) is 1. The number of hydrogen-bond acceptors (Lipinski definition) is 4. The fourth-order valence-corrected chi connectivity index (χ4v) is 5.74. The summed E-state index contributed by atoms with van der Waals surface area (Å²) >= 11 is 0. The van der Waals surface area contributed by atoms with Crippen molar-refractivity contribution in [3.63, 3.8) is 0 Å². The monoisotopic (exact) mass is 462 g/mol. The van der Waals surface area contributed by atoms with Gasteiger partial charge >= 0.3 is 12.1 Å². The van der Waals surface area contributed by atoms with Gasteiger partial charge in [0.15, 0.2) is 0 Å². The predicted octanol–water partition coefficient (Wildman–Crippen LogP) is 3.92. The third kappa shape index (κ3) is 4.39. The number of hydrogen-bond donors (Lipinski definition) is 3. The molecule has 3 aliphatic rings. The van der Waals surface area contributed by atoms with Crippen LogP contribution in [0.25, 0.3) is 11.1 Å². The highest BCUT2D eigenvalue weighted by atomic mass is 16.5. The Hall–Kier alpha value is -3.35. The molecule has 2 amide bonds. The molecule has 0 aromatic heterocycles. The third-order valence-electron chi connectivity index (χ3n) is 7.69. The average Bonchev–Trinajstić information content (AvgIpc) is 3.41. The molecular formula is C27H30N2O5. The number of ether oxygens (including phenoxy) is 1. The minimum atomic E-state index is -0.771. The number of carbonyl (C=O) groups is 3. The molecule has 0 unspecified atom stereocenters. The largest absolute Gasteiger partial charge is 0.481 e. The summed E-state index contributed by atoms with van der Waals surface area (Å²) in [5.74, 6) is -1.30. The van der Waals surface area contributed by atoms with Gasteiger partial charge in [-0.25, -0.2) is 4.79 Å². The van der Waals surface area contributed by atoms with Gasteiger partial charge in [0, 0.05) is 24.4 Å². The molecule has 2 fully saturated rings. The van der Waals surface area contributed by atoms with Gasteiger partial charge in [-0.15, -0.1) is 0 Å². The van der Waals surface area contributed by atoms with Crippen molar-refractivity contribution < 1.29 is 24.2 Å². The Kier molecular flexibility index (Phi) is 6.26. The lowest BCUT2D eigenvalue weighted by atomic mass is 9.79. The number of carbonyl (C=O) groups excluding carboxylic acids is 2. The molecule has 2 atom stereocenters. The molecule has 3 N–H and O–H groups in total. The Bertz CT molecular complexity index is 1050. The zero-order chi connectivity index (χ0) is 23.7. The number of rotatable bonds is 7. The highest BCUT2D eigenvalue weighted by Crippen LogP contribution is 2.44. The van der Waals surface area contributed by atoms with E-state index in [0.717, 1.165) is 12.8 Å². The SMILES string of the molecule is O=C(NC1CC(C(=O)NC[C@@H]2CCC[C@@H]2C(=O)O)C1)OCC1c2ccccc2-c2ccccc21. The molecule has 34 heavy (non-hydrogen) atoms. The second-order valence-corrected chi connectivity index (χ2v) is 9.72. The van der Waals surface area contributed by atoms with Crippen LogP contribution >= 0.6 is 0 Å². The molecule has 7 heteroatoms. The van der Waals surface area contributed by atoms with Crippen molar-refractivity contribution in [1.29, 1.82) is 0 Å². The Morgan fingerprint density at radius 3 is 2.24 bits per heavy atom. The van der Waals surface area contributed by atoms with Crippen LogP contribution in [0.15, 0.2) is 48.5 Å². The molecule has 0 spiro atoms. The highest BCUT2D eigenvalue weighted by Gasteiger charge is 2.38. The van der Waals surface area contributed by atoms with Gasteiger partial charge in [0.25, 0.3) is 0 Å². The minimum absolute atomic E-state index is 0.0104. The van der Waals surface area contributed by atoms with E-state index in [4.69, 9.17) is 4.74 Å². The number of aliphatic carboxylic acids is 1. The molecule has 0 aliphatic heterocycles. The van der Waals surface area contributed by atoms with Crippen LogP contribution in [0.3, 0.4) is 0 Å². The molecule has 0 radical (unpaired) electrons. The average molecular weight is 463 g/mol. The van der Waals surface area contributed by atoms with Crippen molar-refractivity contribution in [2.24, 2.45) is 17.8 Å². The zero-order valence-corrected chi connectivity index (χ0v) is 19.0. The first-order chi connectivity index (χ1) is 16.5. The Balaban J connectivity index is 1.06. The number of fused-ring (bicyclic) bond motifs is 3. The van der Waals surface area contributed by atoms with Crippen LogP contribution < -0.4 is 10.6 Å². The van der Waals surface area contributed by atoms with Gasteiger partial charge in [0.1, 0.15) is 6.61 Å². The van der Waals surface area contributed by atoms with Crippen LogP contribution in [0.5, 0.6) is 0 Å². The summed E-state index contributed by atoms with van der Waals surface area (Å²) in [7, 11) is 0. The first kappa shape index (κ1) is 22.4. The molecule has 2 aromatic carbocycles. The Morgan fingerprint density at radius 2 is 1.59 bits per heavy atom. The van der Waals surface area contributed by atoms with Gasteiger partial charge < -0.3 is 20.5 Å². The fourth-order valence-electron chi connectivity index (χ4n) is 5.74. The third-order valence-corrected chi connectivity index (χ3v) is 7.69. The summed E-state index contributed by atoms with van der Waals surface area (Å²) in [6, 6.07) is 16.3. The maximum absolute atomic E-state index is 12.4. The Labute approximate surface area is 198 Å². The molecule has 0 bridgehead atoms. The van der Waals surface area contributed by atoms with E-state index in [0.29, 0.717) is 25.8 Å². The van der Waals surface area contributed by atoms with Crippen molar-refractivity contribution >= 4 is 18.0 Å². The first-order valence-corrected chi connectivity index (χ1v) is 12.1. The summed E-state index contributed by atoms with van der Waals surface area (Å²) in [6.45, 7) is 0.680. The molecule has 2 saturated carbocycles. The molecule has 2 aromatic rings. The van der Waals surface area contributed by atoms with Gasteiger partial charge in [-0.05, 0) is 53.9 Å². The van der Waals surface area contributed by atoms with E-state index in [-0.39, 0.29) is 42.2 Å². The van der Waals surface area contributed by atoms with E-state index in [2.05, 4.69) is 34.9 Å². The summed E-state index contributed by atoms with van der Waals surface area (Å²) in [5.41, 5.74) is 4.72. The number of carboxylic acids is 1. The van der Waals surface area contributed by atoms with Gasteiger partial charge in [-0.3, -0.25) is 9.59 Å². The van der Waals surface area contributed by atoms with E-state index in [1.807, 2.05) is 24.3 Å². The lowest BCUT2D eigenvalue weighted by molar-refractivity contribution is -0.143. The van der Waals surface area contributed by atoms with Gasteiger partial charge in [0.2, 0.25) is 5.91 Å². The summed E-state index contributed by atoms with van der Waals surface area (Å²) in [4.78, 5) is 36.1. The van der Waals surface area contributed by atoms with Crippen LogP contribution in [-0.4, -0.2) is 42.3 Å². The van der Waals surface area contributed by atoms with Crippen LogP contribution in [0.4, 0.5) is 4.79 Å². The van der Waals surface area contributed by atoms with Gasteiger partial charge in [-0.2, -0.15) is 0 Å². The summed E-state index contributed by atoms with van der Waals surface area (Å²) in [6.07, 6.45) is 3.11. The zero-order valence-electron chi connectivity index (χ0n) is 19.0. The van der Waals surface area contributed by atoms with Crippen molar-refractivity contribution in [2.45, 2.75) is 44.1 Å². The maximum Gasteiger partial charge on any atom is 0.407 e. The van der Waals surface area contributed by atoms with Crippen molar-refractivity contribution in [3.8, 4) is 11.1 Å². The van der Waals surface area contributed by atoms with Crippen molar-refractivity contribution in [1.82, 2.24) is 10.6 Å². The van der Waals surface area contributed by atoms with Crippen LogP contribution in [0.2, 0.25) is 0 Å². The van der Waals surface area contributed by atoms with E-state index in [1.54, 1.807) is 0 Å². The standard InChI is InChI=1S/C27H30N2O5/c30-25(28-14-16-6-5-11-19(16)26(31)32)17-12-18(13-17)29-27(33)34-15-24-22-9-3-1-7-20(22)21-8-2-4-10-23(21)24/h1-4,7-10,16-19,24H,5-6,11-15H2,(H,28,30)(H,29,33)(H,31,32)/t16-,17?,18?,19-/m0/s1. The number of alkyl carbamates (subject to hydrolysis) is 1. The molecule has 3 aliphatic carbocycles. The van der Waals surface area contributed by atoms with E-state index < -0.39 is 12.1 Å². The summed E-state index contributed by atoms with van der Waals surface area (Å²) < 4.78 is 5.58. The van der Waals surface area contributed by atoms with Gasteiger partial charge in [0.05, 0.1) is 5.92 Å². The maximum atomic E-state index is 12.4. The molecule has 0 saturated heterocycles. The lowest BCUT2D eigenvalue weighted by Crippen LogP contribution is -2.50. The molecule has 7 nitrogen and oxygen atoms in total. The normalized spacial score (nSPS) is 25.1. The van der Waals surface area contributed by atoms with Gasteiger partial charge in [-0.1, -0.05) is 55.0 Å². The number of nitrogens with one attached hydrogen (secondary N) is 2. The second kappa shape index (κ2) is 9.49. The summed E-state index contributed by atoms with van der Waals surface area (Å²) in [5, 5.41) is 15.1. The fraction of sp³-hybridized carbons (Fsp3) is 0.444. The van der Waals surface area contributed by atoms with E-state index >= 15 is 0 Å². The molecular weight excluding hydrogens is 432 g/mol. The van der Waals surface area contributed by atoms with Crippen LogP contribution in [0, 0.1) is 17.8 Å². The second-order valence-electron chi connectivity index (χ2n) is 9.72. The minimum Gasteiger partial charge on any atom is -0.481 e. The highest BCUT2D eigenvalue weighted by molar-refractivity contribution is 5.81.